The molecule has 0 atom stereocenters. The molecule has 3 aromatic rings. The highest BCUT2D eigenvalue weighted by molar-refractivity contribution is 6.33. The molecule has 1 heterocycles. The number of amides is 1. The van der Waals surface area contributed by atoms with Crippen LogP contribution < -0.4 is 10.6 Å². The van der Waals surface area contributed by atoms with Crippen LogP contribution in [0.15, 0.2) is 54.6 Å². The fourth-order valence-electron chi connectivity index (χ4n) is 2.78. The largest absolute Gasteiger partial charge is 0.380 e. The monoisotopic (exact) mass is 366 g/mol. The highest BCUT2D eigenvalue weighted by Gasteiger charge is 2.26. The van der Waals surface area contributed by atoms with Gasteiger partial charge in [0.15, 0.2) is 5.69 Å². The maximum Gasteiger partial charge on any atom is 0.276 e. The zero-order valence-corrected chi connectivity index (χ0v) is 14.9. The molecule has 1 fully saturated rings. The van der Waals surface area contributed by atoms with Gasteiger partial charge in [-0.1, -0.05) is 41.9 Å². The molecule has 26 heavy (non-hydrogen) atoms. The average Bonchev–Trinajstić information content (AvgIpc) is 3.38. The van der Waals surface area contributed by atoms with E-state index in [0.717, 1.165) is 24.2 Å². The van der Waals surface area contributed by atoms with E-state index >= 15 is 0 Å². The van der Waals surface area contributed by atoms with Crippen LogP contribution >= 0.6 is 11.6 Å². The van der Waals surface area contributed by atoms with E-state index in [1.54, 1.807) is 6.07 Å². The lowest BCUT2D eigenvalue weighted by atomic mass is 10.2. The zero-order chi connectivity index (χ0) is 17.9. The summed E-state index contributed by atoms with van der Waals surface area (Å²) >= 11 is 6.34. The van der Waals surface area contributed by atoms with Gasteiger partial charge in [0.1, 0.15) is 0 Å². The van der Waals surface area contributed by atoms with Crippen LogP contribution in [-0.4, -0.2) is 16.1 Å². The Balaban J connectivity index is 1.39. The Morgan fingerprint density at radius 1 is 1.15 bits per heavy atom. The van der Waals surface area contributed by atoms with Crippen molar-refractivity contribution in [3.8, 4) is 0 Å². The number of hydrogen-bond acceptors (Lipinski definition) is 3. The Morgan fingerprint density at radius 3 is 2.69 bits per heavy atom. The van der Waals surface area contributed by atoms with Gasteiger partial charge in [-0.05, 0) is 42.7 Å². The molecule has 3 N–H and O–H groups in total. The topological polar surface area (TPSA) is 69.8 Å². The van der Waals surface area contributed by atoms with Gasteiger partial charge in [-0.15, -0.1) is 0 Å². The minimum Gasteiger partial charge on any atom is -0.380 e. The van der Waals surface area contributed by atoms with Crippen molar-refractivity contribution in [1.82, 2.24) is 10.2 Å². The molecule has 0 unspecified atom stereocenters. The van der Waals surface area contributed by atoms with Crippen LogP contribution in [0.25, 0.3) is 0 Å². The summed E-state index contributed by atoms with van der Waals surface area (Å²) in [6, 6.07) is 17.3. The van der Waals surface area contributed by atoms with Crippen molar-refractivity contribution < 1.29 is 4.79 Å². The lowest BCUT2D eigenvalue weighted by Gasteiger charge is -2.10. The molecule has 1 aliphatic rings. The second kappa shape index (κ2) is 7.22. The van der Waals surface area contributed by atoms with Crippen LogP contribution in [0.3, 0.4) is 0 Å². The van der Waals surface area contributed by atoms with Gasteiger partial charge in [0.05, 0.1) is 10.7 Å². The molecule has 6 heteroatoms. The van der Waals surface area contributed by atoms with E-state index in [0.29, 0.717) is 28.9 Å². The summed E-state index contributed by atoms with van der Waals surface area (Å²) in [7, 11) is 0. The lowest BCUT2D eigenvalue weighted by molar-refractivity contribution is 0.102. The summed E-state index contributed by atoms with van der Waals surface area (Å²) in [4.78, 5) is 12.3. The molecular formula is C20H19ClN4O. The summed E-state index contributed by atoms with van der Waals surface area (Å²) in [5.74, 6) is 0.294. The number of aromatic nitrogens is 2. The van der Waals surface area contributed by atoms with Gasteiger partial charge in [0, 0.05) is 23.8 Å². The Bertz CT molecular complexity index is 919. The van der Waals surface area contributed by atoms with Gasteiger partial charge in [-0.25, -0.2) is 0 Å². The highest BCUT2D eigenvalue weighted by atomic mass is 35.5. The minimum absolute atomic E-state index is 0.241. The summed E-state index contributed by atoms with van der Waals surface area (Å²) in [6.45, 7) is 0.684. The second-order valence-corrected chi connectivity index (χ2v) is 6.88. The molecule has 1 aliphatic carbocycles. The molecule has 2 aromatic carbocycles. The fraction of sp³-hybridized carbons (Fsp3) is 0.200. The SMILES string of the molecule is O=C(Nc1ccc(NCc2ccccc2)c(Cl)c1)c1cc(C2CC2)[nH]n1. The number of carbonyl (C=O) groups is 1. The second-order valence-electron chi connectivity index (χ2n) is 6.47. The van der Waals surface area contributed by atoms with Gasteiger partial charge in [0.25, 0.3) is 5.91 Å². The Hall–Kier alpha value is -2.79. The number of nitrogens with zero attached hydrogens (tertiary/aromatic N) is 1. The van der Waals surface area contributed by atoms with Crippen molar-refractivity contribution in [3.63, 3.8) is 0 Å². The van der Waals surface area contributed by atoms with Crippen LogP contribution in [0.5, 0.6) is 0 Å². The first-order chi connectivity index (χ1) is 12.7. The molecule has 4 rings (SSSR count). The van der Waals surface area contributed by atoms with Gasteiger partial charge in [-0.3, -0.25) is 9.89 Å². The van der Waals surface area contributed by atoms with Crippen LogP contribution in [0.2, 0.25) is 5.02 Å². The number of rotatable bonds is 6. The molecule has 0 bridgehead atoms. The van der Waals surface area contributed by atoms with Gasteiger partial charge >= 0.3 is 0 Å². The van der Waals surface area contributed by atoms with Gasteiger partial charge in [-0.2, -0.15) is 5.10 Å². The number of hydrogen-bond donors (Lipinski definition) is 3. The van der Waals surface area contributed by atoms with Crippen molar-refractivity contribution in [2.45, 2.75) is 25.3 Å². The zero-order valence-electron chi connectivity index (χ0n) is 14.1. The fourth-order valence-corrected chi connectivity index (χ4v) is 3.03. The van der Waals surface area contributed by atoms with E-state index in [1.807, 2.05) is 36.4 Å². The predicted molar refractivity (Wildman–Crippen MR) is 104 cm³/mol. The standard InChI is InChI=1S/C20H19ClN4O/c21-16-10-15(8-9-17(16)22-12-13-4-2-1-3-5-13)23-20(26)19-11-18(24-25-19)14-6-7-14/h1-5,8-11,14,22H,6-7,12H2,(H,23,26)(H,24,25). The first kappa shape index (κ1) is 16.7. The Kier molecular flexibility index (Phi) is 4.63. The number of carbonyl (C=O) groups excluding carboxylic acids is 1. The predicted octanol–water partition coefficient (Wildman–Crippen LogP) is 4.80. The third-order valence-electron chi connectivity index (χ3n) is 4.40. The van der Waals surface area contributed by atoms with Crippen LogP contribution in [0.1, 0.15) is 40.5 Å². The average molecular weight is 367 g/mol. The maximum absolute atomic E-state index is 12.3. The quantitative estimate of drug-likeness (QED) is 0.586. The summed E-state index contributed by atoms with van der Waals surface area (Å²) in [6.07, 6.45) is 2.33. The Labute approximate surface area is 156 Å². The van der Waals surface area contributed by atoms with E-state index in [-0.39, 0.29) is 5.91 Å². The van der Waals surface area contributed by atoms with E-state index < -0.39 is 0 Å². The number of H-pyrrole nitrogens is 1. The number of anilines is 2. The number of halogens is 1. The molecule has 0 saturated heterocycles. The van der Waals surface area contributed by atoms with E-state index in [9.17, 15) is 4.79 Å². The third-order valence-corrected chi connectivity index (χ3v) is 4.71. The molecule has 1 saturated carbocycles. The maximum atomic E-state index is 12.3. The molecule has 0 spiro atoms. The van der Waals surface area contributed by atoms with Crippen LogP contribution in [0, 0.1) is 0 Å². The lowest BCUT2D eigenvalue weighted by Crippen LogP contribution is -2.12. The normalized spacial score (nSPS) is 13.4. The highest BCUT2D eigenvalue weighted by Crippen LogP contribution is 2.39. The van der Waals surface area contributed by atoms with Crippen molar-refractivity contribution in [3.05, 3.63) is 76.6 Å². The number of benzene rings is 2. The summed E-state index contributed by atoms with van der Waals surface area (Å²) in [5, 5.41) is 13.7. The number of aromatic amines is 1. The third kappa shape index (κ3) is 3.89. The summed E-state index contributed by atoms with van der Waals surface area (Å²) in [5.41, 5.74) is 4.07. The van der Waals surface area contributed by atoms with E-state index in [2.05, 4.69) is 33.0 Å². The van der Waals surface area contributed by atoms with Crippen molar-refractivity contribution in [2.24, 2.45) is 0 Å². The van der Waals surface area contributed by atoms with E-state index in [1.165, 1.54) is 5.56 Å². The van der Waals surface area contributed by atoms with Crippen molar-refractivity contribution >= 4 is 28.9 Å². The molecule has 0 radical (unpaired) electrons. The van der Waals surface area contributed by atoms with Crippen molar-refractivity contribution in [2.75, 3.05) is 10.6 Å². The molecule has 5 nitrogen and oxygen atoms in total. The van der Waals surface area contributed by atoms with Crippen LogP contribution in [-0.2, 0) is 6.54 Å². The molecule has 0 aliphatic heterocycles. The van der Waals surface area contributed by atoms with Crippen LogP contribution in [0.4, 0.5) is 11.4 Å². The Morgan fingerprint density at radius 2 is 1.96 bits per heavy atom. The molecule has 1 amide bonds. The summed E-state index contributed by atoms with van der Waals surface area (Å²) < 4.78 is 0. The first-order valence-electron chi connectivity index (χ1n) is 8.63. The number of nitrogens with one attached hydrogen (secondary N) is 3. The minimum atomic E-state index is -0.241. The van der Waals surface area contributed by atoms with Gasteiger partial charge in [0.2, 0.25) is 0 Å². The molecule has 132 valence electrons. The first-order valence-corrected chi connectivity index (χ1v) is 9.01. The molecular weight excluding hydrogens is 348 g/mol. The molecule has 1 aromatic heterocycles. The van der Waals surface area contributed by atoms with E-state index in [4.69, 9.17) is 11.6 Å². The van der Waals surface area contributed by atoms with Gasteiger partial charge < -0.3 is 10.6 Å². The smallest absolute Gasteiger partial charge is 0.276 e. The van der Waals surface area contributed by atoms with Crippen molar-refractivity contribution in [1.29, 1.82) is 0 Å².